The lowest BCUT2D eigenvalue weighted by atomic mass is 10.1. The van der Waals surface area contributed by atoms with Crippen LogP contribution in [0.25, 0.3) is 0 Å². The summed E-state index contributed by atoms with van der Waals surface area (Å²) in [6.07, 6.45) is -5.57. The number of Topliss-reactive ketones (excluding diaryl/α,β-unsaturated/α-hetero) is 1. The van der Waals surface area contributed by atoms with Crippen molar-refractivity contribution in [2.45, 2.75) is 36.2 Å². The minimum Gasteiger partial charge on any atom is -0.462 e. The van der Waals surface area contributed by atoms with Gasteiger partial charge in [0.15, 0.2) is 0 Å². The second-order valence-electron chi connectivity index (χ2n) is 6.24. The number of carbonyl (C=O) groups excluding carboxylic acids is 3. The molecule has 0 saturated carbocycles. The summed E-state index contributed by atoms with van der Waals surface area (Å²) in [4.78, 5) is 40.8. The number of oxime groups is 1. The molecule has 31 heavy (non-hydrogen) atoms. The van der Waals surface area contributed by atoms with Crippen LogP contribution in [0.15, 0.2) is 63.5 Å². The first-order valence-corrected chi connectivity index (χ1v) is 9.75. The lowest BCUT2D eigenvalue weighted by molar-refractivity contribution is -0.142. The summed E-state index contributed by atoms with van der Waals surface area (Å²) < 4.78 is 40.9. The van der Waals surface area contributed by atoms with Crippen molar-refractivity contribution in [2.75, 3.05) is 6.61 Å². The van der Waals surface area contributed by atoms with Crippen LogP contribution in [0.1, 0.15) is 41.0 Å². The molecule has 0 N–H and O–H groups in total. The molecule has 0 spiro atoms. The van der Waals surface area contributed by atoms with Gasteiger partial charge in [-0.2, -0.15) is 13.2 Å². The van der Waals surface area contributed by atoms with Crippen molar-refractivity contribution in [3.63, 3.8) is 0 Å². The van der Waals surface area contributed by atoms with Crippen LogP contribution in [0.5, 0.6) is 0 Å². The summed E-state index contributed by atoms with van der Waals surface area (Å²) in [6, 6.07) is 12.8. The number of carbonyl (C=O) groups is 3. The van der Waals surface area contributed by atoms with Gasteiger partial charge < -0.3 is 9.57 Å². The minimum atomic E-state index is -4.38. The summed E-state index contributed by atoms with van der Waals surface area (Å²) in [5.74, 6) is -1.83. The molecule has 0 radical (unpaired) electrons. The predicted molar refractivity (Wildman–Crippen MR) is 107 cm³/mol. The fourth-order valence-corrected chi connectivity index (χ4v) is 3.01. The third-order valence-corrected chi connectivity index (χ3v) is 4.72. The van der Waals surface area contributed by atoms with Crippen LogP contribution in [-0.2, 0) is 14.4 Å². The number of hydrogen-bond acceptors (Lipinski definition) is 7. The van der Waals surface area contributed by atoms with Gasteiger partial charge in [-0.25, -0.2) is 9.59 Å². The second kappa shape index (κ2) is 10.8. The van der Waals surface area contributed by atoms with Crippen LogP contribution >= 0.6 is 11.8 Å². The highest BCUT2D eigenvalue weighted by Crippen LogP contribution is 2.28. The molecule has 2 rings (SSSR count). The van der Waals surface area contributed by atoms with E-state index < -0.39 is 31.1 Å². The standard InChI is InChI=1S/C21H18F3NO5S/c1-13(25-30-14(2)26)19(27)15-3-7-17(8-4-15)31-18-9-5-16(6-10-18)20(28)29-12-11-21(22,23)24/h3-10H,11-12H2,1-2H3. The Kier molecular flexibility index (Phi) is 8.38. The summed E-state index contributed by atoms with van der Waals surface area (Å²) >= 11 is 1.36. The zero-order valence-corrected chi connectivity index (χ0v) is 17.4. The first kappa shape index (κ1) is 24.1. The van der Waals surface area contributed by atoms with Gasteiger partial charge in [0.1, 0.15) is 12.3 Å². The first-order chi connectivity index (χ1) is 14.5. The van der Waals surface area contributed by atoms with E-state index in [2.05, 4.69) is 14.7 Å². The van der Waals surface area contributed by atoms with Crippen molar-refractivity contribution in [3.8, 4) is 0 Å². The van der Waals surface area contributed by atoms with Gasteiger partial charge in [-0.05, 0) is 55.5 Å². The molecule has 0 aliphatic rings. The molecule has 2 aromatic rings. The Balaban J connectivity index is 1.94. The Morgan fingerprint density at radius 3 is 1.90 bits per heavy atom. The molecule has 164 valence electrons. The summed E-state index contributed by atoms with van der Waals surface area (Å²) in [5.41, 5.74) is 0.554. The maximum absolute atomic E-state index is 12.2. The molecular weight excluding hydrogens is 435 g/mol. The zero-order valence-electron chi connectivity index (χ0n) is 16.6. The van der Waals surface area contributed by atoms with Crippen LogP contribution in [0.2, 0.25) is 0 Å². The van der Waals surface area contributed by atoms with Gasteiger partial charge in [0.2, 0.25) is 5.78 Å². The molecule has 0 unspecified atom stereocenters. The maximum Gasteiger partial charge on any atom is 0.392 e. The predicted octanol–water partition coefficient (Wildman–Crippen LogP) is 5.07. The molecule has 0 aliphatic carbocycles. The van der Waals surface area contributed by atoms with Gasteiger partial charge >= 0.3 is 18.1 Å². The van der Waals surface area contributed by atoms with E-state index in [1.807, 2.05) is 0 Å². The minimum absolute atomic E-state index is 0.0355. The number of nitrogens with zero attached hydrogens (tertiary/aromatic N) is 1. The second-order valence-corrected chi connectivity index (χ2v) is 7.39. The highest BCUT2D eigenvalue weighted by molar-refractivity contribution is 7.99. The van der Waals surface area contributed by atoms with E-state index in [0.29, 0.717) is 5.56 Å². The zero-order chi connectivity index (χ0) is 23.0. The third-order valence-electron chi connectivity index (χ3n) is 3.70. The topological polar surface area (TPSA) is 82.0 Å². The van der Waals surface area contributed by atoms with Gasteiger partial charge in [-0.1, -0.05) is 16.9 Å². The van der Waals surface area contributed by atoms with E-state index in [1.165, 1.54) is 37.7 Å². The number of benzene rings is 2. The average Bonchev–Trinajstić information content (AvgIpc) is 2.71. The molecule has 0 atom stereocenters. The van der Waals surface area contributed by atoms with E-state index in [1.54, 1.807) is 36.4 Å². The lowest BCUT2D eigenvalue weighted by Crippen LogP contribution is -2.14. The molecule has 10 heteroatoms. The van der Waals surface area contributed by atoms with Crippen LogP contribution in [0.4, 0.5) is 13.2 Å². The summed E-state index contributed by atoms with van der Waals surface area (Å²) in [6.45, 7) is 1.88. The average molecular weight is 453 g/mol. The molecule has 0 saturated heterocycles. The third kappa shape index (κ3) is 8.25. The van der Waals surface area contributed by atoms with Crippen molar-refractivity contribution >= 4 is 35.2 Å². The van der Waals surface area contributed by atoms with E-state index in [-0.39, 0.29) is 17.1 Å². The SMILES string of the molecule is CC(=O)ON=C(C)C(=O)c1ccc(Sc2ccc(C(=O)OCCC(F)(F)F)cc2)cc1. The fraction of sp³-hybridized carbons (Fsp3) is 0.238. The highest BCUT2D eigenvalue weighted by atomic mass is 32.2. The number of rotatable bonds is 8. The van der Waals surface area contributed by atoms with E-state index in [4.69, 9.17) is 0 Å². The first-order valence-electron chi connectivity index (χ1n) is 8.94. The fourth-order valence-electron chi connectivity index (χ4n) is 2.20. The molecule has 0 aromatic heterocycles. The van der Waals surface area contributed by atoms with E-state index in [9.17, 15) is 27.6 Å². The molecule has 2 aromatic carbocycles. The number of esters is 1. The van der Waals surface area contributed by atoms with Crippen molar-refractivity contribution in [1.82, 2.24) is 0 Å². The Morgan fingerprint density at radius 2 is 1.42 bits per heavy atom. The van der Waals surface area contributed by atoms with Crippen LogP contribution < -0.4 is 0 Å². The molecule has 0 heterocycles. The summed E-state index contributed by atoms with van der Waals surface area (Å²) in [5, 5.41) is 3.46. The van der Waals surface area contributed by atoms with Gasteiger partial charge in [0, 0.05) is 22.3 Å². The number of ether oxygens (including phenoxy) is 1. The smallest absolute Gasteiger partial charge is 0.392 e. The highest BCUT2D eigenvalue weighted by Gasteiger charge is 2.27. The lowest BCUT2D eigenvalue weighted by Gasteiger charge is -2.08. The van der Waals surface area contributed by atoms with Crippen LogP contribution in [-0.4, -0.2) is 36.2 Å². The van der Waals surface area contributed by atoms with Crippen molar-refractivity contribution in [1.29, 1.82) is 0 Å². The quantitative estimate of drug-likeness (QED) is 0.183. The maximum atomic E-state index is 12.2. The normalized spacial score (nSPS) is 11.7. The van der Waals surface area contributed by atoms with Gasteiger partial charge in [0.25, 0.3) is 0 Å². The van der Waals surface area contributed by atoms with Crippen molar-refractivity contribution < 1.29 is 37.1 Å². The summed E-state index contributed by atoms with van der Waals surface area (Å²) in [7, 11) is 0. The molecular formula is C21H18F3NO5S. The molecule has 6 nitrogen and oxygen atoms in total. The Labute approximate surface area is 180 Å². The Bertz CT molecular complexity index is 970. The largest absolute Gasteiger partial charge is 0.462 e. The number of hydrogen-bond donors (Lipinski definition) is 0. The van der Waals surface area contributed by atoms with Crippen LogP contribution in [0, 0.1) is 0 Å². The van der Waals surface area contributed by atoms with E-state index >= 15 is 0 Å². The van der Waals surface area contributed by atoms with Crippen molar-refractivity contribution in [2.24, 2.45) is 5.16 Å². The van der Waals surface area contributed by atoms with Gasteiger partial charge in [-0.15, -0.1) is 0 Å². The van der Waals surface area contributed by atoms with Crippen molar-refractivity contribution in [3.05, 3.63) is 59.7 Å². The van der Waals surface area contributed by atoms with Gasteiger partial charge in [-0.3, -0.25) is 4.79 Å². The number of ketones is 1. The van der Waals surface area contributed by atoms with E-state index in [0.717, 1.165) is 9.79 Å². The number of halogens is 3. The van der Waals surface area contributed by atoms with Crippen LogP contribution in [0.3, 0.4) is 0 Å². The number of alkyl halides is 3. The molecule has 0 aliphatic heterocycles. The molecule has 0 bridgehead atoms. The Morgan fingerprint density at radius 1 is 0.903 bits per heavy atom. The molecule has 0 amide bonds. The Hall–Kier alpha value is -3.14. The van der Waals surface area contributed by atoms with Gasteiger partial charge in [0.05, 0.1) is 12.0 Å². The molecule has 0 fully saturated rings. The monoisotopic (exact) mass is 453 g/mol.